The van der Waals surface area contributed by atoms with E-state index in [9.17, 15) is 23.3 Å². The average Bonchev–Trinajstić information content (AvgIpc) is 3.05. The van der Waals surface area contributed by atoms with E-state index in [0.29, 0.717) is 54.4 Å². The Labute approximate surface area is 175 Å². The highest BCUT2D eigenvalue weighted by Crippen LogP contribution is 2.24. The number of hydrogen-bond acceptors (Lipinski definition) is 8. The molecule has 3 heterocycles. The lowest BCUT2D eigenvalue weighted by Gasteiger charge is -2.37. The van der Waals surface area contributed by atoms with Crippen LogP contribution < -0.4 is 0 Å². The zero-order valence-corrected chi connectivity index (χ0v) is 18.2. The summed E-state index contributed by atoms with van der Waals surface area (Å²) in [6, 6.07) is 3.65. The monoisotopic (exact) mass is 436 g/mol. The van der Waals surface area contributed by atoms with Gasteiger partial charge in [-0.15, -0.1) is 0 Å². The van der Waals surface area contributed by atoms with Gasteiger partial charge in [-0.3, -0.25) is 14.5 Å². The fourth-order valence-corrected chi connectivity index (χ4v) is 6.42. The number of aromatic nitrogens is 1. The van der Waals surface area contributed by atoms with E-state index in [0.717, 1.165) is 0 Å². The largest absolute Gasteiger partial charge is 0.339 e. The number of pyridine rings is 1. The molecule has 156 valence electrons. The maximum Gasteiger partial charge on any atom is 0.233 e. The number of sulfone groups is 1. The maximum absolute atomic E-state index is 12.6. The number of nitrogens with zero attached hydrogens (tertiary/aromatic N) is 4. The van der Waals surface area contributed by atoms with Crippen LogP contribution in [0, 0.1) is 18.3 Å². The second-order valence-corrected chi connectivity index (χ2v) is 10.6. The number of thioether (sulfide) groups is 1. The number of piperazine rings is 1. The van der Waals surface area contributed by atoms with Gasteiger partial charge in [0.25, 0.3) is 0 Å². The minimum atomic E-state index is -2.91. The maximum atomic E-state index is 12.6. The van der Waals surface area contributed by atoms with Crippen LogP contribution in [0.1, 0.15) is 35.0 Å². The second kappa shape index (κ2) is 8.81. The normalized spacial score (nSPS) is 21.7. The van der Waals surface area contributed by atoms with Gasteiger partial charge < -0.3 is 4.90 Å². The molecular formula is C19H24N4O4S2. The van der Waals surface area contributed by atoms with E-state index in [4.69, 9.17) is 0 Å². The summed E-state index contributed by atoms with van der Waals surface area (Å²) in [6.07, 6.45) is 0.671. The van der Waals surface area contributed by atoms with Crippen molar-refractivity contribution in [3.8, 4) is 6.07 Å². The average molecular weight is 437 g/mol. The molecule has 1 amide bonds. The molecule has 0 spiro atoms. The predicted octanol–water partition coefficient (Wildman–Crippen LogP) is 0.888. The Balaban J connectivity index is 1.55. The molecule has 29 heavy (non-hydrogen) atoms. The van der Waals surface area contributed by atoms with Crippen molar-refractivity contribution in [2.75, 3.05) is 43.4 Å². The number of amides is 1. The Morgan fingerprint density at radius 1 is 1.31 bits per heavy atom. The Morgan fingerprint density at radius 2 is 2.00 bits per heavy atom. The van der Waals surface area contributed by atoms with Gasteiger partial charge >= 0.3 is 0 Å². The second-order valence-electron chi connectivity index (χ2n) is 7.40. The molecule has 0 saturated carbocycles. The molecule has 10 heteroatoms. The predicted molar refractivity (Wildman–Crippen MR) is 110 cm³/mol. The molecule has 3 rings (SSSR count). The molecule has 0 aromatic carbocycles. The highest BCUT2D eigenvalue weighted by molar-refractivity contribution is 8.00. The smallest absolute Gasteiger partial charge is 0.233 e. The van der Waals surface area contributed by atoms with E-state index < -0.39 is 9.84 Å². The first-order chi connectivity index (χ1) is 13.7. The molecule has 0 unspecified atom stereocenters. The molecule has 2 saturated heterocycles. The van der Waals surface area contributed by atoms with Crippen LogP contribution in [0.5, 0.6) is 0 Å². The molecule has 2 aliphatic rings. The molecule has 0 bridgehead atoms. The summed E-state index contributed by atoms with van der Waals surface area (Å²) >= 11 is 1.20. The summed E-state index contributed by atoms with van der Waals surface area (Å²) in [5.41, 5.74) is 1.26. The van der Waals surface area contributed by atoms with Gasteiger partial charge in [-0.05, 0) is 26.3 Å². The van der Waals surface area contributed by atoms with Crippen LogP contribution in [0.25, 0.3) is 0 Å². The van der Waals surface area contributed by atoms with Gasteiger partial charge in [-0.25, -0.2) is 13.4 Å². The van der Waals surface area contributed by atoms with Gasteiger partial charge in [0.15, 0.2) is 15.6 Å². The molecular weight excluding hydrogens is 412 g/mol. The molecule has 2 aliphatic heterocycles. The van der Waals surface area contributed by atoms with Crippen molar-refractivity contribution in [3.05, 3.63) is 22.9 Å². The molecule has 8 nitrogen and oxygen atoms in total. The summed E-state index contributed by atoms with van der Waals surface area (Å²) in [5, 5.41) is 9.80. The first kappa shape index (κ1) is 21.7. The minimum Gasteiger partial charge on any atom is -0.339 e. The number of nitriles is 1. The van der Waals surface area contributed by atoms with Gasteiger partial charge in [0.1, 0.15) is 11.1 Å². The Kier molecular flexibility index (Phi) is 6.61. The van der Waals surface area contributed by atoms with Crippen molar-refractivity contribution < 1.29 is 18.0 Å². The van der Waals surface area contributed by atoms with Crippen molar-refractivity contribution in [1.29, 1.82) is 5.26 Å². The van der Waals surface area contributed by atoms with Crippen LogP contribution in [-0.2, 0) is 14.6 Å². The lowest BCUT2D eigenvalue weighted by atomic mass is 10.1. The fourth-order valence-electron chi connectivity index (χ4n) is 3.75. The third-order valence-electron chi connectivity index (χ3n) is 5.40. The fraction of sp³-hybridized carbons (Fsp3) is 0.579. The number of ketones is 1. The van der Waals surface area contributed by atoms with Crippen molar-refractivity contribution in [1.82, 2.24) is 14.8 Å². The van der Waals surface area contributed by atoms with E-state index in [1.54, 1.807) is 11.8 Å². The zero-order chi connectivity index (χ0) is 21.2. The number of hydrogen-bond donors (Lipinski definition) is 0. The molecule has 0 aliphatic carbocycles. The third-order valence-corrected chi connectivity index (χ3v) is 8.13. The molecule has 1 aromatic heterocycles. The topological polar surface area (TPSA) is 111 Å². The number of aryl methyl sites for hydroxylation is 1. The lowest BCUT2D eigenvalue weighted by Crippen LogP contribution is -2.52. The van der Waals surface area contributed by atoms with E-state index in [1.807, 2.05) is 6.07 Å². The van der Waals surface area contributed by atoms with E-state index in [1.165, 1.54) is 24.8 Å². The Bertz CT molecular complexity index is 963. The van der Waals surface area contributed by atoms with Gasteiger partial charge in [0.2, 0.25) is 5.91 Å². The van der Waals surface area contributed by atoms with Crippen LogP contribution in [0.4, 0.5) is 0 Å². The molecule has 0 radical (unpaired) electrons. The Hall–Kier alpha value is -1.96. The summed E-state index contributed by atoms with van der Waals surface area (Å²) in [5.74, 6) is 0.455. The third kappa shape index (κ3) is 5.15. The van der Waals surface area contributed by atoms with Crippen molar-refractivity contribution >= 4 is 33.3 Å². The molecule has 1 atom stereocenters. The zero-order valence-electron chi connectivity index (χ0n) is 16.5. The molecule has 0 N–H and O–H groups in total. The highest BCUT2D eigenvalue weighted by atomic mass is 32.2. The Morgan fingerprint density at radius 3 is 2.55 bits per heavy atom. The summed E-state index contributed by atoms with van der Waals surface area (Å²) in [4.78, 5) is 32.5. The van der Waals surface area contributed by atoms with E-state index >= 15 is 0 Å². The van der Waals surface area contributed by atoms with Crippen LogP contribution >= 0.6 is 11.8 Å². The lowest BCUT2D eigenvalue weighted by molar-refractivity contribution is -0.130. The number of carbonyl (C=O) groups is 2. The van der Waals surface area contributed by atoms with Crippen LogP contribution in [0.15, 0.2) is 11.1 Å². The van der Waals surface area contributed by atoms with Crippen LogP contribution in [0.3, 0.4) is 0 Å². The van der Waals surface area contributed by atoms with Crippen molar-refractivity contribution in [2.45, 2.75) is 31.3 Å². The van der Waals surface area contributed by atoms with Crippen LogP contribution in [-0.4, -0.2) is 84.4 Å². The quantitative estimate of drug-likeness (QED) is 0.494. The van der Waals surface area contributed by atoms with Gasteiger partial charge in [-0.2, -0.15) is 5.26 Å². The standard InChI is InChI=1S/C19H24N4O4S2/c1-13-17(14(2)24)9-15(10-20)19(21-13)28-11-18(25)23-6-4-22(5-7-23)16-3-8-29(26,27)12-16/h9,16H,3-8,11-12H2,1-2H3/t16-/m1/s1. The van der Waals surface area contributed by atoms with E-state index in [-0.39, 0.29) is 35.0 Å². The summed E-state index contributed by atoms with van der Waals surface area (Å²) < 4.78 is 23.3. The summed E-state index contributed by atoms with van der Waals surface area (Å²) in [7, 11) is -2.91. The number of rotatable bonds is 5. The van der Waals surface area contributed by atoms with Gasteiger partial charge in [-0.1, -0.05) is 11.8 Å². The first-order valence-electron chi connectivity index (χ1n) is 9.48. The van der Waals surface area contributed by atoms with Crippen molar-refractivity contribution in [2.24, 2.45) is 0 Å². The van der Waals surface area contributed by atoms with Gasteiger partial charge in [0, 0.05) is 43.5 Å². The SMILES string of the molecule is CC(=O)c1cc(C#N)c(SCC(=O)N2CCN([C@@H]3CCS(=O)(=O)C3)CC2)nc1C. The number of carbonyl (C=O) groups excluding carboxylic acids is 2. The first-order valence-corrected chi connectivity index (χ1v) is 12.3. The number of Topliss-reactive ketones (excluding diaryl/α,β-unsaturated/α-hetero) is 1. The van der Waals surface area contributed by atoms with E-state index in [2.05, 4.69) is 9.88 Å². The molecule has 1 aromatic rings. The minimum absolute atomic E-state index is 0.0346. The summed E-state index contributed by atoms with van der Waals surface area (Å²) in [6.45, 7) is 5.62. The highest BCUT2D eigenvalue weighted by Gasteiger charge is 2.34. The van der Waals surface area contributed by atoms with Crippen LogP contribution in [0.2, 0.25) is 0 Å². The molecule has 2 fully saturated rings. The van der Waals surface area contributed by atoms with Crippen molar-refractivity contribution in [3.63, 3.8) is 0 Å². The van der Waals surface area contributed by atoms with Gasteiger partial charge in [0.05, 0.1) is 22.8 Å².